The van der Waals surface area contributed by atoms with Crippen LogP contribution in [0.5, 0.6) is 5.75 Å². The second-order valence-corrected chi connectivity index (χ2v) is 4.44. The fraction of sp³-hybridized carbons (Fsp3) is 0.214. The summed E-state index contributed by atoms with van der Waals surface area (Å²) in [5.74, 6) is 0.204. The summed E-state index contributed by atoms with van der Waals surface area (Å²) < 4.78 is 1.57. The molecule has 2 rings (SSSR count). The van der Waals surface area contributed by atoms with E-state index in [4.69, 9.17) is 11.6 Å². The molecule has 1 aromatic heterocycles. The summed E-state index contributed by atoms with van der Waals surface area (Å²) in [4.78, 5) is 11.9. The first-order valence-corrected chi connectivity index (χ1v) is 6.03. The molecule has 0 aliphatic heterocycles. The summed E-state index contributed by atoms with van der Waals surface area (Å²) in [6, 6.07) is 9.53. The van der Waals surface area contributed by atoms with Gasteiger partial charge < -0.3 is 9.67 Å². The molecule has 0 bridgehead atoms. The van der Waals surface area contributed by atoms with Crippen molar-refractivity contribution in [1.82, 2.24) is 4.57 Å². The number of phenolic OH excluding ortho intramolecular Hbond substituents is 1. The van der Waals surface area contributed by atoms with Crippen molar-refractivity contribution in [1.29, 1.82) is 0 Å². The molecule has 0 saturated heterocycles. The molecule has 19 heavy (non-hydrogen) atoms. The minimum Gasteiger partial charge on any atom is -0.508 e. The van der Waals surface area contributed by atoms with Gasteiger partial charge in [0.05, 0.1) is 0 Å². The van der Waals surface area contributed by atoms with Crippen molar-refractivity contribution >= 4 is 11.6 Å². The molecule has 0 unspecified atom stereocenters. The Morgan fingerprint density at radius 2 is 2.11 bits per heavy atom. The third-order valence-corrected chi connectivity index (χ3v) is 3.11. The Morgan fingerprint density at radius 1 is 1.42 bits per heavy atom. The monoisotopic (exact) mass is 351 g/mol. The van der Waals surface area contributed by atoms with E-state index in [1.165, 1.54) is 6.07 Å². The molecule has 0 saturated carbocycles. The number of rotatable bonds is 2. The number of benzene rings is 1. The van der Waals surface area contributed by atoms with Crippen molar-refractivity contribution in [2.24, 2.45) is 0 Å². The van der Waals surface area contributed by atoms with Crippen molar-refractivity contribution < 1.29 is 37.8 Å². The van der Waals surface area contributed by atoms with Crippen molar-refractivity contribution in [3.05, 3.63) is 51.3 Å². The number of pyridine rings is 1. The van der Waals surface area contributed by atoms with E-state index in [2.05, 4.69) is 6.07 Å². The average molecular weight is 352 g/mol. The number of nitrogens with zero attached hydrogens (tertiary/aromatic N) is 1. The van der Waals surface area contributed by atoms with Gasteiger partial charge in [0.25, 0.3) is 0 Å². The minimum atomic E-state index is -0.222. The molecular weight excluding hydrogens is 339 g/mol. The van der Waals surface area contributed by atoms with Crippen molar-refractivity contribution in [3.63, 3.8) is 0 Å². The summed E-state index contributed by atoms with van der Waals surface area (Å²) >= 11 is 5.81. The van der Waals surface area contributed by atoms with Crippen LogP contribution in [0, 0.1) is 13.0 Å². The van der Waals surface area contributed by atoms with Crippen LogP contribution in [-0.2, 0) is 39.3 Å². The van der Waals surface area contributed by atoms with E-state index < -0.39 is 0 Å². The number of hydrogen-bond donors (Lipinski definition) is 1. The first kappa shape index (κ1) is 16.4. The second-order valence-electron chi connectivity index (χ2n) is 4.03. The predicted octanol–water partition coefficient (Wildman–Crippen LogP) is 3.00. The molecule has 97 valence electrons. The maximum absolute atomic E-state index is 11.9. The van der Waals surface area contributed by atoms with Crippen molar-refractivity contribution in [2.75, 3.05) is 0 Å². The van der Waals surface area contributed by atoms with Gasteiger partial charge in [-0.3, -0.25) is 4.79 Å². The third kappa shape index (κ3) is 3.28. The molecule has 0 aliphatic carbocycles. The molecular formula is C14H13ClNO2Y-. The van der Waals surface area contributed by atoms with Gasteiger partial charge in [-0.05, 0) is 19.1 Å². The molecule has 5 heteroatoms. The Labute approximate surface area is 142 Å². The summed E-state index contributed by atoms with van der Waals surface area (Å²) in [5.41, 5.74) is 2.21. The molecule has 0 amide bonds. The van der Waals surface area contributed by atoms with Crippen molar-refractivity contribution in [2.45, 2.75) is 20.4 Å². The molecule has 0 aliphatic rings. The van der Waals surface area contributed by atoms with Crippen LogP contribution in [0.4, 0.5) is 0 Å². The van der Waals surface area contributed by atoms with Gasteiger partial charge in [0.1, 0.15) is 5.75 Å². The zero-order valence-electron chi connectivity index (χ0n) is 10.8. The van der Waals surface area contributed by atoms with Gasteiger partial charge in [0.2, 0.25) is 5.56 Å². The molecule has 0 fully saturated rings. The maximum Gasteiger partial charge on any atom is 0.212 e. The van der Waals surface area contributed by atoms with E-state index in [1.807, 2.05) is 13.8 Å². The van der Waals surface area contributed by atoms with Crippen LogP contribution < -0.4 is 5.56 Å². The molecule has 0 spiro atoms. The Morgan fingerprint density at radius 3 is 2.68 bits per heavy atom. The average Bonchev–Trinajstić information content (AvgIpc) is 2.33. The first-order valence-electron chi connectivity index (χ1n) is 5.65. The zero-order valence-corrected chi connectivity index (χ0v) is 14.4. The van der Waals surface area contributed by atoms with Crippen LogP contribution >= 0.6 is 11.6 Å². The zero-order chi connectivity index (χ0) is 13.3. The molecule has 1 aromatic carbocycles. The van der Waals surface area contributed by atoms with Gasteiger partial charge in [0.15, 0.2) is 0 Å². The van der Waals surface area contributed by atoms with Crippen LogP contribution in [0.15, 0.2) is 29.1 Å². The van der Waals surface area contributed by atoms with E-state index in [0.29, 0.717) is 12.2 Å². The van der Waals surface area contributed by atoms with Crippen LogP contribution in [0.1, 0.15) is 12.5 Å². The van der Waals surface area contributed by atoms with Crippen LogP contribution in [0.2, 0.25) is 5.02 Å². The number of hydrogen-bond acceptors (Lipinski definition) is 2. The molecule has 1 N–H and O–H groups in total. The van der Waals surface area contributed by atoms with E-state index in [9.17, 15) is 9.90 Å². The molecule has 1 heterocycles. The molecule has 1 radical (unpaired) electrons. The van der Waals surface area contributed by atoms with Gasteiger partial charge in [0, 0.05) is 44.3 Å². The molecule has 3 nitrogen and oxygen atoms in total. The van der Waals surface area contributed by atoms with E-state index in [-0.39, 0.29) is 49.0 Å². The Balaban J connectivity index is 0.00000180. The summed E-state index contributed by atoms with van der Waals surface area (Å²) in [7, 11) is 0. The number of aromatic nitrogens is 1. The quantitative estimate of drug-likeness (QED) is 0.845. The fourth-order valence-electron chi connectivity index (χ4n) is 1.94. The summed E-state index contributed by atoms with van der Waals surface area (Å²) in [6.07, 6.45) is 0. The van der Waals surface area contributed by atoms with Crippen molar-refractivity contribution in [3.8, 4) is 17.0 Å². The van der Waals surface area contributed by atoms with Gasteiger partial charge in [-0.1, -0.05) is 23.7 Å². The summed E-state index contributed by atoms with van der Waals surface area (Å²) in [6.45, 7) is 4.28. The number of aryl methyl sites for hydroxylation is 1. The van der Waals surface area contributed by atoms with E-state index >= 15 is 0 Å². The van der Waals surface area contributed by atoms with Crippen LogP contribution in [0.3, 0.4) is 0 Å². The normalized spacial score (nSPS) is 10.1. The Bertz CT molecular complexity index is 652. The Hall–Kier alpha value is -0.636. The summed E-state index contributed by atoms with van der Waals surface area (Å²) in [5, 5.41) is 9.57. The topological polar surface area (TPSA) is 42.2 Å². The van der Waals surface area contributed by atoms with Crippen LogP contribution in [-0.4, -0.2) is 9.67 Å². The number of phenols is 1. The van der Waals surface area contributed by atoms with Crippen LogP contribution in [0.25, 0.3) is 11.3 Å². The molecule has 2 aromatic rings. The SMILES string of the molecule is CCn1c(-c2ccc(O)cc2C)[c-]cc(Cl)c1=O.[Y]. The minimum absolute atomic E-state index is 0. The standard InChI is InChI=1S/C14H13ClNO2.Y/c1-3-16-13(7-6-12(15)14(16)18)11-5-4-10(17)8-9(11)2;/h4-6,8,17H,3H2,1-2H3;/q-1;. The predicted molar refractivity (Wildman–Crippen MR) is 72.1 cm³/mol. The third-order valence-electron chi connectivity index (χ3n) is 2.84. The van der Waals surface area contributed by atoms with E-state index in [1.54, 1.807) is 22.8 Å². The van der Waals surface area contributed by atoms with Gasteiger partial charge in [-0.15, -0.1) is 6.07 Å². The molecule has 0 atom stereocenters. The smallest absolute Gasteiger partial charge is 0.212 e. The van der Waals surface area contributed by atoms with Gasteiger partial charge in [-0.25, -0.2) is 0 Å². The second kappa shape index (κ2) is 6.69. The first-order chi connectivity index (χ1) is 8.54. The maximum atomic E-state index is 11.9. The van der Waals surface area contributed by atoms with E-state index in [0.717, 1.165) is 11.1 Å². The largest absolute Gasteiger partial charge is 0.508 e. The number of halogens is 1. The number of aromatic hydroxyl groups is 1. The Kier molecular flexibility index (Phi) is 5.78. The van der Waals surface area contributed by atoms with Gasteiger partial charge in [-0.2, -0.15) is 23.7 Å². The fourth-order valence-corrected chi connectivity index (χ4v) is 2.10. The van der Waals surface area contributed by atoms with Gasteiger partial charge >= 0.3 is 0 Å².